The quantitative estimate of drug-likeness (QED) is 0.643. The van der Waals surface area contributed by atoms with Crippen LogP contribution in [-0.2, 0) is 19.6 Å². The third kappa shape index (κ3) is 5.57. The van der Waals surface area contributed by atoms with E-state index in [4.69, 9.17) is 0 Å². The van der Waals surface area contributed by atoms with Crippen LogP contribution in [0.15, 0.2) is 67.3 Å². The molecule has 3 aromatic rings. The molecule has 5 nitrogen and oxygen atoms in total. The Morgan fingerprint density at radius 1 is 0.933 bits per heavy atom. The Morgan fingerprint density at radius 2 is 1.73 bits per heavy atom. The summed E-state index contributed by atoms with van der Waals surface area (Å²) in [6.45, 7) is 4.54. The maximum absolute atomic E-state index is 12.9. The summed E-state index contributed by atoms with van der Waals surface area (Å²) in [6, 6.07) is 16.4. The lowest BCUT2D eigenvalue weighted by molar-refractivity contribution is 0.0950. The summed E-state index contributed by atoms with van der Waals surface area (Å²) in [5.41, 5.74) is 4.17. The van der Waals surface area contributed by atoms with Crippen LogP contribution in [0.25, 0.3) is 0 Å². The Balaban J connectivity index is 1.37. The minimum absolute atomic E-state index is 0.0383. The standard InChI is InChI=1S/C25H30N4O/c30-25(24-11-4-3-10-23(24)19-29-15-12-26-20-29)27-17-21-8-7-9-22(16-21)18-28-13-5-1-2-6-14-28/h3-4,7-12,15-16,20H,1-2,5-6,13-14,17-19H2,(H,27,30). The molecule has 4 rings (SSSR count). The van der Waals surface area contributed by atoms with Crippen LogP contribution in [-0.4, -0.2) is 33.4 Å². The summed E-state index contributed by atoms with van der Waals surface area (Å²) in [4.78, 5) is 19.5. The third-order valence-electron chi connectivity index (χ3n) is 5.72. The summed E-state index contributed by atoms with van der Waals surface area (Å²) in [5.74, 6) is -0.0383. The molecule has 0 radical (unpaired) electrons. The number of rotatable bonds is 7. The van der Waals surface area contributed by atoms with Gasteiger partial charge in [0.2, 0.25) is 0 Å². The number of nitrogens with zero attached hydrogens (tertiary/aromatic N) is 3. The molecule has 0 saturated carbocycles. The van der Waals surface area contributed by atoms with Gasteiger partial charge in [0.25, 0.3) is 5.91 Å². The van der Waals surface area contributed by atoms with Crippen LogP contribution in [0, 0.1) is 0 Å². The average Bonchev–Trinajstić information content (AvgIpc) is 3.15. The number of amides is 1. The van der Waals surface area contributed by atoms with Crippen molar-refractivity contribution in [2.75, 3.05) is 13.1 Å². The predicted molar refractivity (Wildman–Crippen MR) is 119 cm³/mol. The first-order valence-corrected chi connectivity index (χ1v) is 10.9. The second-order valence-corrected chi connectivity index (χ2v) is 8.09. The lowest BCUT2D eigenvalue weighted by atomic mass is 10.1. The highest BCUT2D eigenvalue weighted by Gasteiger charge is 2.12. The van der Waals surface area contributed by atoms with Crippen LogP contribution in [0.5, 0.6) is 0 Å². The number of hydrogen-bond donors (Lipinski definition) is 1. The molecule has 1 N–H and O–H groups in total. The fourth-order valence-electron chi connectivity index (χ4n) is 4.12. The molecule has 0 atom stereocenters. The van der Waals surface area contributed by atoms with Gasteiger partial charge in [-0.05, 0) is 48.7 Å². The van der Waals surface area contributed by atoms with Gasteiger partial charge in [-0.1, -0.05) is 55.3 Å². The monoisotopic (exact) mass is 402 g/mol. The Kier molecular flexibility index (Phi) is 6.93. The molecular formula is C25H30N4O. The summed E-state index contributed by atoms with van der Waals surface area (Å²) in [5, 5.41) is 3.10. The van der Waals surface area contributed by atoms with Crippen LogP contribution < -0.4 is 5.32 Å². The van der Waals surface area contributed by atoms with Crippen LogP contribution in [0.2, 0.25) is 0 Å². The van der Waals surface area contributed by atoms with E-state index in [0.29, 0.717) is 18.7 Å². The lowest BCUT2D eigenvalue weighted by Crippen LogP contribution is -2.25. The average molecular weight is 403 g/mol. The Bertz CT molecular complexity index is 943. The van der Waals surface area contributed by atoms with Crippen LogP contribution >= 0.6 is 0 Å². The van der Waals surface area contributed by atoms with Gasteiger partial charge in [0.05, 0.1) is 6.33 Å². The second-order valence-electron chi connectivity index (χ2n) is 8.09. The summed E-state index contributed by atoms with van der Waals surface area (Å²) in [7, 11) is 0. The molecule has 1 saturated heterocycles. The zero-order chi connectivity index (χ0) is 20.6. The fraction of sp³-hybridized carbons (Fsp3) is 0.360. The number of aromatic nitrogens is 2. The summed E-state index contributed by atoms with van der Waals surface area (Å²) in [6.07, 6.45) is 10.7. The molecule has 2 heterocycles. The van der Waals surface area contributed by atoms with Crippen molar-refractivity contribution < 1.29 is 4.79 Å². The maximum Gasteiger partial charge on any atom is 0.251 e. The predicted octanol–water partition coefficient (Wildman–Crippen LogP) is 4.24. The van der Waals surface area contributed by atoms with E-state index < -0.39 is 0 Å². The largest absolute Gasteiger partial charge is 0.348 e. The second kappa shape index (κ2) is 10.2. The van der Waals surface area contributed by atoms with Crippen molar-refractivity contribution in [1.29, 1.82) is 0 Å². The van der Waals surface area contributed by atoms with Gasteiger partial charge in [-0.25, -0.2) is 4.98 Å². The van der Waals surface area contributed by atoms with E-state index in [1.54, 1.807) is 12.5 Å². The van der Waals surface area contributed by atoms with E-state index in [9.17, 15) is 4.79 Å². The topological polar surface area (TPSA) is 50.2 Å². The molecule has 0 bridgehead atoms. The van der Waals surface area contributed by atoms with E-state index in [-0.39, 0.29) is 5.91 Å². The molecule has 5 heteroatoms. The molecule has 30 heavy (non-hydrogen) atoms. The number of benzene rings is 2. The van der Waals surface area contributed by atoms with Gasteiger partial charge in [-0.3, -0.25) is 9.69 Å². The van der Waals surface area contributed by atoms with Gasteiger partial charge >= 0.3 is 0 Å². The highest BCUT2D eigenvalue weighted by Crippen LogP contribution is 2.15. The molecule has 1 amide bonds. The number of hydrogen-bond acceptors (Lipinski definition) is 3. The lowest BCUT2D eigenvalue weighted by Gasteiger charge is -2.20. The zero-order valence-electron chi connectivity index (χ0n) is 17.5. The first-order chi connectivity index (χ1) is 14.8. The van der Waals surface area contributed by atoms with Crippen molar-refractivity contribution in [2.45, 2.75) is 45.3 Å². The summed E-state index contributed by atoms with van der Waals surface area (Å²) >= 11 is 0. The molecule has 1 aromatic heterocycles. The number of nitrogens with one attached hydrogen (secondary N) is 1. The minimum Gasteiger partial charge on any atom is -0.348 e. The van der Waals surface area contributed by atoms with E-state index >= 15 is 0 Å². The fourth-order valence-corrected chi connectivity index (χ4v) is 4.12. The van der Waals surface area contributed by atoms with Gasteiger partial charge < -0.3 is 9.88 Å². The van der Waals surface area contributed by atoms with Gasteiger partial charge in [-0.2, -0.15) is 0 Å². The van der Waals surface area contributed by atoms with Gasteiger partial charge in [0.1, 0.15) is 0 Å². The van der Waals surface area contributed by atoms with E-state index in [0.717, 1.165) is 17.7 Å². The van der Waals surface area contributed by atoms with Gasteiger partial charge in [-0.15, -0.1) is 0 Å². The molecule has 1 aliphatic rings. The minimum atomic E-state index is -0.0383. The molecule has 1 fully saturated rings. The molecule has 0 unspecified atom stereocenters. The number of likely N-dealkylation sites (tertiary alicyclic amines) is 1. The highest BCUT2D eigenvalue weighted by atomic mass is 16.1. The number of carbonyl (C=O) groups excluding carboxylic acids is 1. The van der Waals surface area contributed by atoms with E-state index in [1.807, 2.05) is 35.0 Å². The molecule has 156 valence electrons. The Labute approximate surface area is 178 Å². The molecule has 0 aliphatic carbocycles. The maximum atomic E-state index is 12.9. The SMILES string of the molecule is O=C(NCc1cccc(CN2CCCCCC2)c1)c1ccccc1Cn1ccnc1. The Morgan fingerprint density at radius 3 is 2.53 bits per heavy atom. The van der Waals surface area contributed by atoms with Crippen LogP contribution in [0.3, 0.4) is 0 Å². The zero-order valence-corrected chi connectivity index (χ0v) is 17.5. The highest BCUT2D eigenvalue weighted by molar-refractivity contribution is 5.95. The third-order valence-corrected chi connectivity index (χ3v) is 5.72. The molecular weight excluding hydrogens is 372 g/mol. The van der Waals surface area contributed by atoms with Crippen molar-refractivity contribution in [1.82, 2.24) is 19.8 Å². The van der Waals surface area contributed by atoms with E-state index in [1.165, 1.54) is 44.3 Å². The van der Waals surface area contributed by atoms with Crippen molar-refractivity contribution in [3.8, 4) is 0 Å². The van der Waals surface area contributed by atoms with Crippen molar-refractivity contribution in [2.24, 2.45) is 0 Å². The normalized spacial score (nSPS) is 14.9. The first-order valence-electron chi connectivity index (χ1n) is 10.9. The first kappa shape index (κ1) is 20.4. The van der Waals surface area contributed by atoms with Gasteiger partial charge in [0.15, 0.2) is 0 Å². The van der Waals surface area contributed by atoms with E-state index in [2.05, 4.69) is 39.5 Å². The van der Waals surface area contributed by atoms with Crippen molar-refractivity contribution in [3.63, 3.8) is 0 Å². The van der Waals surface area contributed by atoms with Crippen molar-refractivity contribution >= 4 is 5.91 Å². The Hall–Kier alpha value is -2.92. The number of carbonyl (C=O) groups is 1. The van der Waals surface area contributed by atoms with Crippen LogP contribution in [0.1, 0.15) is 52.7 Å². The number of imidazole rings is 1. The van der Waals surface area contributed by atoms with Gasteiger partial charge in [0, 0.05) is 37.6 Å². The van der Waals surface area contributed by atoms with Crippen LogP contribution in [0.4, 0.5) is 0 Å². The van der Waals surface area contributed by atoms with Crippen molar-refractivity contribution in [3.05, 3.63) is 89.5 Å². The molecule has 1 aliphatic heterocycles. The summed E-state index contributed by atoms with van der Waals surface area (Å²) < 4.78 is 1.97. The smallest absolute Gasteiger partial charge is 0.251 e. The molecule has 2 aromatic carbocycles. The molecule has 0 spiro atoms.